The summed E-state index contributed by atoms with van der Waals surface area (Å²) in [6.07, 6.45) is 5.14. The van der Waals surface area contributed by atoms with Crippen LogP contribution in [-0.2, 0) is 5.41 Å². The lowest BCUT2D eigenvalue weighted by atomic mass is 9.49. The SMILES string of the molecule is CC1CC2CC(C)C3(c4cccc(-c5ccc(-c6ccc(-c7nc(-c8ccc9ccccc9c8)nc(-c8ccc9ccccc9c8)n7)cc6)cc5)c4-c4c(-c5ccc(-c6ccc(-c7nc(-c8ccc9ccccc9c8)nc(-c8ccc9ccccc9c8)n7)cc6)cc5)cccc43)C(C1)C2. The molecule has 19 rings (SSSR count). The fourth-order valence-electron chi connectivity index (χ4n) is 17.5. The molecule has 4 atom stereocenters. The van der Waals surface area contributed by atoms with Crippen LogP contribution in [0.25, 0.3) is 167 Å². The Morgan fingerprint density at radius 2 is 0.525 bits per heavy atom. The molecule has 14 aromatic carbocycles. The predicted octanol–water partition coefficient (Wildman–Crippen LogP) is 23.7. The Kier molecular flexibility index (Phi) is 14.0. The first kappa shape index (κ1) is 58.5. The maximum Gasteiger partial charge on any atom is 0.164 e. The second kappa shape index (κ2) is 23.8. The van der Waals surface area contributed by atoms with E-state index in [2.05, 4.69) is 317 Å². The van der Waals surface area contributed by atoms with Crippen LogP contribution in [0.4, 0.5) is 0 Å². The maximum absolute atomic E-state index is 5.17. The van der Waals surface area contributed by atoms with Crippen LogP contribution >= 0.6 is 0 Å². The van der Waals surface area contributed by atoms with Crippen LogP contribution in [-0.4, -0.2) is 29.9 Å². The molecule has 1 spiro atoms. The van der Waals surface area contributed by atoms with E-state index in [1.165, 1.54) is 91.7 Å². The molecule has 4 unspecified atom stereocenters. The molecule has 0 saturated heterocycles. The van der Waals surface area contributed by atoms with Gasteiger partial charge in [-0.3, -0.25) is 0 Å². The highest BCUT2D eigenvalue weighted by molar-refractivity contribution is 6.01. The molecule has 470 valence electrons. The molecule has 16 aromatic rings. The highest BCUT2D eigenvalue weighted by Gasteiger charge is 2.57. The number of hydrogen-bond donors (Lipinski definition) is 0. The zero-order valence-corrected chi connectivity index (χ0v) is 55.2. The summed E-state index contributed by atoms with van der Waals surface area (Å²) in [4.78, 5) is 31.0. The normalized spacial score (nSPS) is 16.7. The van der Waals surface area contributed by atoms with E-state index in [1.54, 1.807) is 0 Å². The van der Waals surface area contributed by atoms with Crippen molar-refractivity contribution in [2.24, 2.45) is 23.7 Å². The van der Waals surface area contributed by atoms with Gasteiger partial charge in [-0.15, -0.1) is 0 Å². The monoisotopic (exact) mass is 1270 g/mol. The molecule has 2 fully saturated rings. The molecule has 0 radical (unpaired) electrons. The summed E-state index contributed by atoms with van der Waals surface area (Å²) in [5.41, 5.74) is 21.0. The van der Waals surface area contributed by atoms with Gasteiger partial charge in [-0.05, 0) is 183 Å². The van der Waals surface area contributed by atoms with Crippen molar-refractivity contribution in [3.63, 3.8) is 0 Å². The van der Waals surface area contributed by atoms with Gasteiger partial charge in [-0.25, -0.2) is 29.9 Å². The van der Waals surface area contributed by atoms with Crippen molar-refractivity contribution in [1.29, 1.82) is 0 Å². The van der Waals surface area contributed by atoms with Crippen LogP contribution in [0.15, 0.2) is 303 Å². The van der Waals surface area contributed by atoms with Gasteiger partial charge in [-0.2, -0.15) is 0 Å². The van der Waals surface area contributed by atoms with E-state index in [9.17, 15) is 0 Å². The first-order chi connectivity index (χ1) is 48.8. The quantitative estimate of drug-likeness (QED) is 0.136. The van der Waals surface area contributed by atoms with E-state index >= 15 is 0 Å². The van der Waals surface area contributed by atoms with Crippen molar-refractivity contribution in [2.75, 3.05) is 0 Å². The molecule has 2 bridgehead atoms. The number of rotatable bonds is 10. The molecular weight excluding hydrogens is 1200 g/mol. The van der Waals surface area contributed by atoms with Crippen molar-refractivity contribution in [2.45, 2.75) is 44.9 Å². The van der Waals surface area contributed by atoms with Crippen molar-refractivity contribution in [3.05, 3.63) is 314 Å². The van der Waals surface area contributed by atoms with Crippen LogP contribution in [0, 0.1) is 23.7 Å². The second-order valence-electron chi connectivity index (χ2n) is 28.0. The summed E-state index contributed by atoms with van der Waals surface area (Å²) in [5.74, 6) is 6.40. The van der Waals surface area contributed by atoms with E-state index in [0.717, 1.165) is 83.1 Å². The first-order valence-corrected chi connectivity index (χ1v) is 35.0. The van der Waals surface area contributed by atoms with Crippen LogP contribution in [0.1, 0.15) is 50.7 Å². The lowest BCUT2D eigenvalue weighted by molar-refractivity contribution is 0.0426. The number of nitrogens with zero attached hydrogens (tertiary/aromatic N) is 6. The van der Waals surface area contributed by atoms with Gasteiger partial charge in [0, 0.05) is 38.8 Å². The van der Waals surface area contributed by atoms with Crippen LogP contribution < -0.4 is 0 Å². The first-order valence-electron chi connectivity index (χ1n) is 35.0. The molecule has 3 aliphatic carbocycles. The zero-order chi connectivity index (χ0) is 65.7. The van der Waals surface area contributed by atoms with Gasteiger partial charge >= 0.3 is 0 Å². The predicted molar refractivity (Wildman–Crippen MR) is 408 cm³/mol. The fourth-order valence-corrected chi connectivity index (χ4v) is 17.5. The summed E-state index contributed by atoms with van der Waals surface area (Å²) in [7, 11) is 0. The Morgan fingerprint density at radius 3 is 0.859 bits per heavy atom. The summed E-state index contributed by atoms with van der Waals surface area (Å²) in [5, 5.41) is 9.29. The molecule has 0 amide bonds. The smallest absolute Gasteiger partial charge is 0.164 e. The fraction of sp³-hybridized carbons (Fsp3) is 0.118. The van der Waals surface area contributed by atoms with E-state index in [0.29, 0.717) is 52.7 Å². The Bertz CT molecular complexity index is 5320. The van der Waals surface area contributed by atoms with Gasteiger partial charge in [-0.1, -0.05) is 293 Å². The minimum atomic E-state index is -0.0821. The molecule has 2 heterocycles. The Hall–Kier alpha value is -11.9. The van der Waals surface area contributed by atoms with Crippen molar-refractivity contribution < 1.29 is 0 Å². The average Bonchev–Trinajstić information content (AvgIpc) is 1.53. The van der Waals surface area contributed by atoms with E-state index in [1.807, 2.05) is 0 Å². The third kappa shape index (κ3) is 10.2. The maximum atomic E-state index is 5.17. The largest absolute Gasteiger partial charge is 0.208 e. The van der Waals surface area contributed by atoms with Crippen molar-refractivity contribution in [3.8, 4) is 124 Å². The van der Waals surface area contributed by atoms with Crippen molar-refractivity contribution in [1.82, 2.24) is 29.9 Å². The van der Waals surface area contributed by atoms with Gasteiger partial charge < -0.3 is 0 Å². The Labute approximate surface area is 576 Å². The summed E-state index contributed by atoms with van der Waals surface area (Å²) >= 11 is 0. The third-order valence-corrected chi connectivity index (χ3v) is 22.1. The highest BCUT2D eigenvalue weighted by Crippen LogP contribution is 2.67. The summed E-state index contributed by atoms with van der Waals surface area (Å²) < 4.78 is 0. The highest BCUT2D eigenvalue weighted by atomic mass is 15.0. The lowest BCUT2D eigenvalue weighted by Gasteiger charge is -2.54. The third-order valence-electron chi connectivity index (χ3n) is 22.1. The Morgan fingerprint density at radius 1 is 0.242 bits per heavy atom. The molecule has 3 aliphatic rings. The van der Waals surface area contributed by atoms with Gasteiger partial charge in [0.05, 0.1) is 0 Å². The molecule has 2 aromatic heterocycles. The van der Waals surface area contributed by atoms with Gasteiger partial charge in [0.25, 0.3) is 0 Å². The molecule has 2 saturated carbocycles. The molecule has 0 aliphatic heterocycles. The van der Waals surface area contributed by atoms with Gasteiger partial charge in [0.15, 0.2) is 34.9 Å². The molecule has 6 nitrogen and oxygen atoms in total. The second-order valence-corrected chi connectivity index (χ2v) is 28.0. The Balaban J connectivity index is 0.653. The van der Waals surface area contributed by atoms with Crippen LogP contribution in [0.2, 0.25) is 0 Å². The molecular formula is C93H68N6. The summed E-state index contributed by atoms with van der Waals surface area (Å²) in [6.45, 7) is 5.09. The van der Waals surface area contributed by atoms with E-state index in [-0.39, 0.29) is 5.41 Å². The molecule has 0 N–H and O–H groups in total. The number of fused-ring (bicyclic) bond motifs is 12. The lowest BCUT2D eigenvalue weighted by Crippen LogP contribution is -2.49. The number of aromatic nitrogens is 6. The van der Waals surface area contributed by atoms with E-state index in [4.69, 9.17) is 29.9 Å². The minimum Gasteiger partial charge on any atom is -0.208 e. The van der Waals surface area contributed by atoms with Crippen LogP contribution in [0.3, 0.4) is 0 Å². The average molecular weight is 1270 g/mol. The van der Waals surface area contributed by atoms with Gasteiger partial charge in [0.1, 0.15) is 0 Å². The van der Waals surface area contributed by atoms with E-state index < -0.39 is 0 Å². The number of hydrogen-bond acceptors (Lipinski definition) is 6. The standard InChI is InChI=1S/C93H68N6/c1-57-49-59-51-58(2)93(80(50-57)52-59)83-23-11-21-81(68-37-25-64(26-38-68)66-29-41-70(42-30-66)87-94-89(76-45-33-60-13-3-7-17-72(60)53-76)98-90(95-87)77-46-34-61-14-4-8-18-73(61)54-77)85(83)86-82(22-12-24-84(86)93)69-39-27-65(28-40-69)67-31-43-71(44-32-67)88-96-91(78-47-35-62-15-5-9-19-74(62)55-78)99-92(97-88)79-48-36-63-16-6-10-20-75(63)56-79/h3-48,53-59,80H,49-52H2,1-2H3. The number of benzene rings is 14. The zero-order valence-electron chi connectivity index (χ0n) is 55.2. The van der Waals surface area contributed by atoms with Gasteiger partial charge in [0.2, 0.25) is 0 Å². The molecule has 6 heteroatoms. The summed E-state index contributed by atoms with van der Waals surface area (Å²) in [6, 6.07) is 110. The van der Waals surface area contributed by atoms with Crippen LogP contribution in [0.5, 0.6) is 0 Å². The van der Waals surface area contributed by atoms with Crippen molar-refractivity contribution >= 4 is 43.1 Å². The minimum absolute atomic E-state index is 0.0821. The molecule has 99 heavy (non-hydrogen) atoms. The topological polar surface area (TPSA) is 77.3 Å².